The molecule has 1 heterocycles. The molecule has 2 unspecified atom stereocenters. The molecular formula is C7H11O. The Balaban J connectivity index is 2.04. The normalized spacial score (nSPS) is 45.0. The molecule has 0 bridgehead atoms. The highest BCUT2D eigenvalue weighted by Crippen LogP contribution is 2.35. The van der Waals surface area contributed by atoms with Gasteiger partial charge in [0.05, 0.1) is 0 Å². The lowest BCUT2D eigenvalue weighted by molar-refractivity contribution is 0.177. The van der Waals surface area contributed by atoms with Gasteiger partial charge in [-0.1, -0.05) is 0 Å². The van der Waals surface area contributed by atoms with Crippen molar-refractivity contribution >= 4 is 0 Å². The Morgan fingerprint density at radius 1 is 1.12 bits per heavy atom. The monoisotopic (exact) mass is 111 g/mol. The van der Waals surface area contributed by atoms with Crippen molar-refractivity contribution < 1.29 is 4.74 Å². The Kier molecular flexibility index (Phi) is 1.04. The first-order chi connectivity index (χ1) is 3.97. The predicted octanol–water partition coefficient (Wildman–Crippen LogP) is 1.25. The van der Waals surface area contributed by atoms with Gasteiger partial charge in [0.25, 0.3) is 0 Å². The summed E-state index contributed by atoms with van der Waals surface area (Å²) in [6.07, 6.45) is 5.02. The van der Waals surface area contributed by atoms with Crippen LogP contribution in [0.5, 0.6) is 0 Å². The van der Waals surface area contributed by atoms with Crippen LogP contribution < -0.4 is 0 Å². The predicted molar refractivity (Wildman–Crippen MR) is 31.3 cm³/mol. The molecule has 1 nitrogen and oxygen atoms in total. The molecule has 2 atom stereocenters. The fourth-order valence-corrected chi connectivity index (χ4v) is 1.69. The van der Waals surface area contributed by atoms with Gasteiger partial charge in [0.1, 0.15) is 0 Å². The van der Waals surface area contributed by atoms with Crippen molar-refractivity contribution in [1.29, 1.82) is 0 Å². The first kappa shape index (κ1) is 4.80. The Hall–Kier alpha value is -0.0400. The van der Waals surface area contributed by atoms with Crippen molar-refractivity contribution in [2.45, 2.75) is 12.8 Å². The van der Waals surface area contributed by atoms with Crippen LogP contribution in [0, 0.1) is 18.3 Å². The summed E-state index contributed by atoms with van der Waals surface area (Å²) < 4.78 is 5.29. The highest BCUT2D eigenvalue weighted by molar-refractivity contribution is 4.90. The van der Waals surface area contributed by atoms with E-state index in [9.17, 15) is 0 Å². The quantitative estimate of drug-likeness (QED) is 0.457. The second kappa shape index (κ2) is 1.73. The smallest absolute Gasteiger partial charge is 0.0498 e. The molecule has 2 aliphatic rings. The number of fused-ring (bicyclic) bond motifs is 1. The van der Waals surface area contributed by atoms with Gasteiger partial charge in [-0.15, -0.1) is 0 Å². The van der Waals surface area contributed by atoms with Gasteiger partial charge in [0, 0.05) is 13.2 Å². The molecule has 1 radical (unpaired) electrons. The highest BCUT2D eigenvalue weighted by atomic mass is 16.5. The first-order valence-electron chi connectivity index (χ1n) is 3.36. The van der Waals surface area contributed by atoms with E-state index >= 15 is 0 Å². The lowest BCUT2D eigenvalue weighted by atomic mass is 10.0. The minimum atomic E-state index is 0.898. The zero-order chi connectivity index (χ0) is 5.40. The summed E-state index contributed by atoms with van der Waals surface area (Å²) in [7, 11) is 0. The van der Waals surface area contributed by atoms with Crippen molar-refractivity contribution in [2.75, 3.05) is 13.2 Å². The maximum absolute atomic E-state index is 5.29. The van der Waals surface area contributed by atoms with Gasteiger partial charge in [0.2, 0.25) is 0 Å². The van der Waals surface area contributed by atoms with Gasteiger partial charge in [-0.05, 0) is 31.1 Å². The Morgan fingerprint density at radius 3 is 2.38 bits per heavy atom. The van der Waals surface area contributed by atoms with Crippen LogP contribution in [0.2, 0.25) is 0 Å². The summed E-state index contributed by atoms with van der Waals surface area (Å²) >= 11 is 0. The summed E-state index contributed by atoms with van der Waals surface area (Å²) in [5, 5.41) is 0. The Labute approximate surface area is 50.0 Å². The maximum Gasteiger partial charge on any atom is 0.0498 e. The number of hydrogen-bond donors (Lipinski definition) is 0. The van der Waals surface area contributed by atoms with E-state index < -0.39 is 0 Å². The number of rotatable bonds is 0. The minimum Gasteiger partial charge on any atom is -0.381 e. The van der Waals surface area contributed by atoms with Crippen molar-refractivity contribution in [3.05, 3.63) is 6.42 Å². The van der Waals surface area contributed by atoms with E-state index in [1.165, 1.54) is 12.8 Å². The van der Waals surface area contributed by atoms with E-state index in [1.54, 1.807) is 0 Å². The van der Waals surface area contributed by atoms with Crippen LogP contribution in [0.25, 0.3) is 0 Å². The van der Waals surface area contributed by atoms with Crippen molar-refractivity contribution in [1.82, 2.24) is 0 Å². The molecule has 0 aromatic heterocycles. The summed E-state index contributed by atoms with van der Waals surface area (Å²) in [6, 6.07) is 0. The summed E-state index contributed by atoms with van der Waals surface area (Å²) in [5.41, 5.74) is 0. The third-order valence-corrected chi connectivity index (χ3v) is 2.27. The van der Waals surface area contributed by atoms with E-state index in [0.717, 1.165) is 25.0 Å². The fraction of sp³-hybridized carbons (Fsp3) is 0.857. The van der Waals surface area contributed by atoms with E-state index in [0.29, 0.717) is 0 Å². The highest BCUT2D eigenvalue weighted by Gasteiger charge is 2.32. The summed E-state index contributed by atoms with van der Waals surface area (Å²) in [6.45, 7) is 2.06. The molecule has 0 N–H and O–H groups in total. The average Bonchev–Trinajstić information content (AvgIpc) is 2.15. The third-order valence-electron chi connectivity index (χ3n) is 2.27. The Bertz CT molecular complexity index is 70.4. The van der Waals surface area contributed by atoms with Gasteiger partial charge in [0.15, 0.2) is 0 Å². The van der Waals surface area contributed by atoms with Crippen LogP contribution >= 0.6 is 0 Å². The topological polar surface area (TPSA) is 9.23 Å². The zero-order valence-corrected chi connectivity index (χ0v) is 4.97. The molecule has 8 heavy (non-hydrogen) atoms. The van der Waals surface area contributed by atoms with Gasteiger partial charge >= 0.3 is 0 Å². The van der Waals surface area contributed by atoms with Crippen LogP contribution in [0.15, 0.2) is 0 Å². The lowest BCUT2D eigenvalue weighted by Crippen LogP contribution is -2.01. The molecule has 45 valence electrons. The molecule has 1 heteroatoms. The molecule has 1 saturated heterocycles. The average molecular weight is 111 g/mol. The molecule has 2 rings (SSSR count). The van der Waals surface area contributed by atoms with Crippen molar-refractivity contribution in [3.63, 3.8) is 0 Å². The van der Waals surface area contributed by atoms with Crippen molar-refractivity contribution in [3.8, 4) is 0 Å². The standard InChI is InChI=1S/C7H11O/c1-2-6-4-8-5-7(6)3-1/h1,6-7H,2-5H2. The molecule has 1 saturated carbocycles. The lowest BCUT2D eigenvalue weighted by Gasteiger charge is -2.01. The SMILES string of the molecule is [CH]1CC2COCC2C1. The molecule has 1 aliphatic heterocycles. The maximum atomic E-state index is 5.29. The van der Waals surface area contributed by atoms with Crippen LogP contribution in [-0.2, 0) is 4.74 Å². The summed E-state index contributed by atoms with van der Waals surface area (Å²) in [5.74, 6) is 1.80. The molecule has 2 fully saturated rings. The summed E-state index contributed by atoms with van der Waals surface area (Å²) in [4.78, 5) is 0. The second-order valence-electron chi connectivity index (χ2n) is 2.82. The second-order valence-corrected chi connectivity index (χ2v) is 2.82. The van der Waals surface area contributed by atoms with Crippen LogP contribution in [-0.4, -0.2) is 13.2 Å². The number of ether oxygens (including phenoxy) is 1. The van der Waals surface area contributed by atoms with Gasteiger partial charge < -0.3 is 4.74 Å². The number of hydrogen-bond acceptors (Lipinski definition) is 1. The van der Waals surface area contributed by atoms with E-state index in [4.69, 9.17) is 4.74 Å². The van der Waals surface area contributed by atoms with E-state index in [-0.39, 0.29) is 0 Å². The van der Waals surface area contributed by atoms with E-state index in [1.807, 2.05) is 0 Å². The van der Waals surface area contributed by atoms with Crippen LogP contribution in [0.4, 0.5) is 0 Å². The van der Waals surface area contributed by atoms with Gasteiger partial charge in [-0.2, -0.15) is 0 Å². The molecule has 0 aromatic carbocycles. The van der Waals surface area contributed by atoms with Gasteiger partial charge in [-0.3, -0.25) is 0 Å². The van der Waals surface area contributed by atoms with Gasteiger partial charge in [-0.25, -0.2) is 0 Å². The van der Waals surface area contributed by atoms with Crippen LogP contribution in [0.3, 0.4) is 0 Å². The molecule has 1 aliphatic carbocycles. The fourth-order valence-electron chi connectivity index (χ4n) is 1.69. The largest absolute Gasteiger partial charge is 0.381 e. The molecule has 0 aromatic rings. The Morgan fingerprint density at radius 2 is 1.75 bits per heavy atom. The first-order valence-corrected chi connectivity index (χ1v) is 3.36. The third kappa shape index (κ3) is 0.576. The minimum absolute atomic E-state index is 0.898. The molecule has 0 spiro atoms. The molecule has 0 amide bonds. The van der Waals surface area contributed by atoms with Crippen LogP contribution in [0.1, 0.15) is 12.8 Å². The zero-order valence-electron chi connectivity index (χ0n) is 4.97. The molecular weight excluding hydrogens is 100 g/mol. The van der Waals surface area contributed by atoms with Crippen molar-refractivity contribution in [2.24, 2.45) is 11.8 Å². The van der Waals surface area contributed by atoms with E-state index in [2.05, 4.69) is 6.42 Å².